The van der Waals surface area contributed by atoms with E-state index in [9.17, 15) is 9.59 Å². The average Bonchev–Trinajstić information content (AvgIpc) is 2.30. The Balaban J connectivity index is 3.18. The molecule has 1 heterocycles. The summed E-state index contributed by atoms with van der Waals surface area (Å²) in [7, 11) is 0. The zero-order chi connectivity index (χ0) is 9.30. The lowest BCUT2D eigenvalue weighted by Crippen LogP contribution is -2.25. The molecule has 0 saturated carbocycles. The first kappa shape index (κ1) is 9.01. The second kappa shape index (κ2) is 3.11. The summed E-state index contributed by atoms with van der Waals surface area (Å²) in [6.45, 7) is 0. The van der Waals surface area contributed by atoms with Crippen LogP contribution in [0.5, 0.6) is 0 Å². The van der Waals surface area contributed by atoms with Gasteiger partial charge >= 0.3 is 5.97 Å². The number of H-pyrrole nitrogens is 2. The Hall–Kier alpha value is -1.08. The lowest BCUT2D eigenvalue weighted by Gasteiger charge is -2.01. The number of carboxylic acids is 1. The van der Waals surface area contributed by atoms with E-state index in [1.54, 1.807) is 0 Å². The second-order valence-corrected chi connectivity index (χ2v) is 2.92. The Bertz CT molecular complexity index is 355. The molecule has 7 heteroatoms. The molecule has 0 bridgehead atoms. The number of nitrogens with two attached hydrogens (primary N) is 1. The molecule has 0 amide bonds. The highest BCUT2D eigenvalue weighted by Crippen LogP contribution is 2.14. The monoisotopic (exact) mass is 235 g/mol. The minimum Gasteiger partial charge on any atom is -0.480 e. The molecule has 0 aliphatic heterocycles. The van der Waals surface area contributed by atoms with Gasteiger partial charge in [0, 0.05) is 0 Å². The Morgan fingerprint density at radius 1 is 1.58 bits per heavy atom. The number of aliphatic carboxylic acids is 1. The molecule has 0 aliphatic rings. The topological polar surface area (TPSA) is 112 Å². The highest BCUT2D eigenvalue weighted by molar-refractivity contribution is 9.10. The van der Waals surface area contributed by atoms with Crippen LogP contribution >= 0.6 is 15.9 Å². The Morgan fingerprint density at radius 3 is 2.50 bits per heavy atom. The highest BCUT2D eigenvalue weighted by Gasteiger charge is 2.21. The van der Waals surface area contributed by atoms with Gasteiger partial charge in [0.15, 0.2) is 0 Å². The lowest BCUT2D eigenvalue weighted by molar-refractivity contribution is -0.138. The molecule has 0 saturated heterocycles. The predicted molar refractivity (Wildman–Crippen MR) is 43.7 cm³/mol. The van der Waals surface area contributed by atoms with E-state index >= 15 is 0 Å². The van der Waals surface area contributed by atoms with Crippen LogP contribution in [0.25, 0.3) is 0 Å². The normalized spacial score (nSPS) is 12.8. The lowest BCUT2D eigenvalue weighted by atomic mass is 10.2. The van der Waals surface area contributed by atoms with Gasteiger partial charge in [-0.1, -0.05) is 0 Å². The van der Waals surface area contributed by atoms with E-state index < -0.39 is 17.6 Å². The second-order valence-electron chi connectivity index (χ2n) is 2.12. The summed E-state index contributed by atoms with van der Waals surface area (Å²) < 4.78 is 0.266. The number of carboxylic acid groups (broad SMARTS) is 1. The van der Waals surface area contributed by atoms with Crippen molar-refractivity contribution in [3.05, 3.63) is 20.5 Å². The van der Waals surface area contributed by atoms with Gasteiger partial charge in [0.05, 0.1) is 5.56 Å². The van der Waals surface area contributed by atoms with E-state index in [-0.39, 0.29) is 10.2 Å². The molecule has 1 atom stereocenters. The molecule has 1 aromatic heterocycles. The fourth-order valence-electron chi connectivity index (χ4n) is 0.747. The van der Waals surface area contributed by atoms with Crippen LogP contribution in [0.2, 0.25) is 0 Å². The molecule has 66 valence electrons. The maximum absolute atomic E-state index is 10.9. The Morgan fingerprint density at radius 2 is 2.17 bits per heavy atom. The molecule has 1 rings (SSSR count). The van der Waals surface area contributed by atoms with Crippen molar-refractivity contribution < 1.29 is 9.90 Å². The van der Waals surface area contributed by atoms with Gasteiger partial charge in [0.1, 0.15) is 10.6 Å². The van der Waals surface area contributed by atoms with Crippen LogP contribution < -0.4 is 11.3 Å². The fraction of sp³-hybridized carbons (Fsp3) is 0.200. The summed E-state index contributed by atoms with van der Waals surface area (Å²) in [6.07, 6.45) is 0. The zero-order valence-electron chi connectivity index (χ0n) is 5.80. The molecular formula is C5H6BrN3O3. The van der Waals surface area contributed by atoms with Gasteiger partial charge in [-0.05, 0) is 15.9 Å². The average molecular weight is 236 g/mol. The standard InChI is InChI=1S/C5H6BrN3O3/c6-3-1(2(7)5(11)12)4(10)9-8-3/h2H,7H2,(H,11,12)(H2,8,9,10). The van der Waals surface area contributed by atoms with E-state index in [0.717, 1.165) is 0 Å². The molecule has 1 aromatic rings. The maximum Gasteiger partial charge on any atom is 0.325 e. The summed E-state index contributed by atoms with van der Waals surface area (Å²) in [6, 6.07) is -1.31. The van der Waals surface area contributed by atoms with E-state index in [1.165, 1.54) is 0 Å². The van der Waals surface area contributed by atoms with Crippen LogP contribution in [0.15, 0.2) is 9.40 Å². The molecule has 5 N–H and O–H groups in total. The molecule has 12 heavy (non-hydrogen) atoms. The number of nitrogens with one attached hydrogen (secondary N) is 2. The Labute approximate surface area is 74.9 Å². The molecule has 0 radical (unpaired) electrons. The molecule has 0 aromatic carbocycles. The first-order valence-corrected chi connectivity index (χ1v) is 3.77. The molecule has 0 fully saturated rings. The van der Waals surface area contributed by atoms with Gasteiger partial charge in [-0.3, -0.25) is 19.8 Å². The van der Waals surface area contributed by atoms with Crippen LogP contribution in [0.3, 0.4) is 0 Å². The third-order valence-electron chi connectivity index (χ3n) is 1.34. The van der Waals surface area contributed by atoms with Gasteiger partial charge < -0.3 is 10.8 Å². The number of halogens is 1. The predicted octanol–water partition coefficient (Wildman–Crippen LogP) is -0.450. The summed E-state index contributed by atoms with van der Waals surface area (Å²) in [5.74, 6) is -1.25. The number of hydrogen-bond acceptors (Lipinski definition) is 3. The van der Waals surface area contributed by atoms with Crippen molar-refractivity contribution in [2.24, 2.45) is 5.73 Å². The fourth-order valence-corrected chi connectivity index (χ4v) is 1.27. The molecule has 0 spiro atoms. The Kier molecular flexibility index (Phi) is 2.34. The van der Waals surface area contributed by atoms with Gasteiger partial charge in [-0.2, -0.15) is 0 Å². The summed E-state index contributed by atoms with van der Waals surface area (Å²) in [5.41, 5.74) is 4.67. The summed E-state index contributed by atoms with van der Waals surface area (Å²) in [5, 5.41) is 13.1. The largest absolute Gasteiger partial charge is 0.480 e. The zero-order valence-corrected chi connectivity index (χ0v) is 7.38. The number of aromatic amines is 2. The van der Waals surface area contributed by atoms with Gasteiger partial charge in [0.25, 0.3) is 5.56 Å². The van der Waals surface area contributed by atoms with Crippen LogP contribution in [0.1, 0.15) is 11.6 Å². The highest BCUT2D eigenvalue weighted by atomic mass is 79.9. The van der Waals surface area contributed by atoms with Crippen LogP contribution in [0, 0.1) is 0 Å². The van der Waals surface area contributed by atoms with Gasteiger partial charge in [-0.15, -0.1) is 0 Å². The van der Waals surface area contributed by atoms with Crippen molar-refractivity contribution in [2.75, 3.05) is 0 Å². The summed E-state index contributed by atoms with van der Waals surface area (Å²) in [4.78, 5) is 21.3. The van der Waals surface area contributed by atoms with Gasteiger partial charge in [-0.25, -0.2) is 0 Å². The van der Waals surface area contributed by atoms with Crippen LogP contribution in [-0.4, -0.2) is 21.3 Å². The van der Waals surface area contributed by atoms with Crippen LogP contribution in [0.4, 0.5) is 0 Å². The number of aromatic nitrogens is 2. The molecular weight excluding hydrogens is 230 g/mol. The first-order valence-electron chi connectivity index (χ1n) is 2.98. The van der Waals surface area contributed by atoms with Gasteiger partial charge in [0.2, 0.25) is 0 Å². The van der Waals surface area contributed by atoms with Crippen molar-refractivity contribution in [1.82, 2.24) is 10.2 Å². The van der Waals surface area contributed by atoms with E-state index in [2.05, 4.69) is 26.1 Å². The maximum atomic E-state index is 10.9. The smallest absolute Gasteiger partial charge is 0.325 e. The molecule has 0 aliphatic carbocycles. The van der Waals surface area contributed by atoms with E-state index in [1.807, 2.05) is 0 Å². The van der Waals surface area contributed by atoms with Crippen molar-refractivity contribution in [2.45, 2.75) is 6.04 Å². The quantitative estimate of drug-likeness (QED) is 0.557. The third kappa shape index (κ3) is 1.41. The minimum atomic E-state index is -1.31. The number of hydrogen-bond donors (Lipinski definition) is 4. The summed E-state index contributed by atoms with van der Waals surface area (Å²) >= 11 is 2.96. The van der Waals surface area contributed by atoms with Crippen molar-refractivity contribution in [3.63, 3.8) is 0 Å². The van der Waals surface area contributed by atoms with E-state index in [4.69, 9.17) is 10.8 Å². The van der Waals surface area contributed by atoms with E-state index in [0.29, 0.717) is 0 Å². The minimum absolute atomic E-state index is 0.0116. The van der Waals surface area contributed by atoms with Crippen molar-refractivity contribution in [3.8, 4) is 0 Å². The SMILES string of the molecule is NC(C(=O)O)c1c(Br)[nH][nH]c1=O. The first-order chi connectivity index (χ1) is 5.54. The van der Waals surface area contributed by atoms with Crippen LogP contribution in [-0.2, 0) is 4.79 Å². The van der Waals surface area contributed by atoms with Crippen molar-refractivity contribution in [1.29, 1.82) is 0 Å². The third-order valence-corrected chi connectivity index (χ3v) is 1.97. The molecule has 1 unspecified atom stereocenters. The number of carbonyl (C=O) groups is 1. The molecule has 6 nitrogen and oxygen atoms in total. The van der Waals surface area contributed by atoms with Crippen molar-refractivity contribution >= 4 is 21.9 Å². The number of rotatable bonds is 2.